The van der Waals surface area contributed by atoms with Crippen molar-refractivity contribution in [2.45, 2.75) is 18.4 Å². The molecule has 1 aromatic rings. The van der Waals surface area contributed by atoms with Crippen LogP contribution < -0.4 is 9.47 Å². The molecule has 1 aliphatic rings. The Morgan fingerprint density at radius 2 is 1.62 bits per heavy atom. The topological polar surface area (TPSA) is 62.5 Å². The molecular formula is C12H13NO3. The van der Waals surface area contributed by atoms with Crippen molar-refractivity contribution in [3.05, 3.63) is 23.3 Å². The van der Waals surface area contributed by atoms with Crippen LogP contribution in [0.5, 0.6) is 11.5 Å². The van der Waals surface area contributed by atoms with Crippen LogP contribution in [0.1, 0.15) is 11.1 Å². The van der Waals surface area contributed by atoms with E-state index in [2.05, 4.69) is 0 Å². The van der Waals surface area contributed by atoms with E-state index in [1.54, 1.807) is 14.2 Å². The summed E-state index contributed by atoms with van der Waals surface area (Å²) in [4.78, 5) is 0. The Labute approximate surface area is 94.0 Å². The highest BCUT2D eigenvalue weighted by molar-refractivity contribution is 5.51. The number of nitriles is 1. The Hall–Kier alpha value is -1.73. The standard InChI is InChI=1S/C12H13NO3/c1-15-10-3-8-5-12(14,7-13)6-9(8)4-11(10)16-2/h3-4,14H,5-6H2,1-2H3. The second-order valence-corrected chi connectivity index (χ2v) is 3.97. The Kier molecular flexibility index (Phi) is 2.49. The molecule has 0 aromatic heterocycles. The molecule has 0 radical (unpaired) electrons. The molecule has 1 aromatic carbocycles. The van der Waals surface area contributed by atoms with Crippen LogP contribution in [-0.4, -0.2) is 24.9 Å². The van der Waals surface area contributed by atoms with Crippen LogP contribution in [0, 0.1) is 11.3 Å². The fourth-order valence-electron chi connectivity index (χ4n) is 2.06. The molecule has 0 heterocycles. The van der Waals surface area contributed by atoms with Crippen molar-refractivity contribution in [1.82, 2.24) is 0 Å². The number of methoxy groups -OCH3 is 2. The highest BCUT2D eigenvalue weighted by Crippen LogP contribution is 2.37. The average molecular weight is 219 g/mol. The van der Waals surface area contributed by atoms with Crippen molar-refractivity contribution >= 4 is 0 Å². The number of hydrogen-bond acceptors (Lipinski definition) is 4. The lowest BCUT2D eigenvalue weighted by molar-refractivity contribution is 0.111. The first-order valence-corrected chi connectivity index (χ1v) is 4.99. The van der Waals surface area contributed by atoms with Gasteiger partial charge in [0.1, 0.15) is 0 Å². The summed E-state index contributed by atoms with van der Waals surface area (Å²) in [6, 6.07) is 5.58. The zero-order chi connectivity index (χ0) is 11.8. The summed E-state index contributed by atoms with van der Waals surface area (Å²) in [5.74, 6) is 1.26. The maximum absolute atomic E-state index is 9.91. The van der Waals surface area contributed by atoms with Crippen LogP contribution in [-0.2, 0) is 12.8 Å². The van der Waals surface area contributed by atoms with E-state index in [0.717, 1.165) is 11.1 Å². The van der Waals surface area contributed by atoms with E-state index >= 15 is 0 Å². The van der Waals surface area contributed by atoms with E-state index in [4.69, 9.17) is 14.7 Å². The number of benzene rings is 1. The zero-order valence-electron chi connectivity index (χ0n) is 9.28. The summed E-state index contributed by atoms with van der Waals surface area (Å²) in [5, 5.41) is 18.8. The fourth-order valence-corrected chi connectivity index (χ4v) is 2.06. The molecule has 0 bridgehead atoms. The lowest BCUT2D eigenvalue weighted by atomic mass is 10.0. The lowest BCUT2D eigenvalue weighted by Gasteiger charge is -2.09. The molecule has 0 saturated heterocycles. The van der Waals surface area contributed by atoms with Gasteiger partial charge in [-0.15, -0.1) is 0 Å². The van der Waals surface area contributed by atoms with Gasteiger partial charge in [-0.25, -0.2) is 0 Å². The molecule has 4 nitrogen and oxygen atoms in total. The van der Waals surface area contributed by atoms with Gasteiger partial charge in [0.15, 0.2) is 17.1 Å². The summed E-state index contributed by atoms with van der Waals surface area (Å²) in [7, 11) is 3.13. The molecular weight excluding hydrogens is 206 g/mol. The Balaban J connectivity index is 2.44. The minimum atomic E-state index is -1.28. The molecule has 0 amide bonds. The second-order valence-electron chi connectivity index (χ2n) is 3.97. The maximum atomic E-state index is 9.91. The highest BCUT2D eigenvalue weighted by atomic mass is 16.5. The van der Waals surface area contributed by atoms with Gasteiger partial charge >= 0.3 is 0 Å². The fraction of sp³-hybridized carbons (Fsp3) is 0.417. The SMILES string of the molecule is COc1cc2c(cc1OC)CC(O)(C#N)C2. The summed E-state index contributed by atoms with van der Waals surface area (Å²) >= 11 is 0. The van der Waals surface area contributed by atoms with Crippen molar-refractivity contribution < 1.29 is 14.6 Å². The summed E-state index contributed by atoms with van der Waals surface area (Å²) in [6.07, 6.45) is 0.693. The molecule has 0 atom stereocenters. The Morgan fingerprint density at radius 3 is 1.94 bits per heavy atom. The van der Waals surface area contributed by atoms with E-state index in [1.807, 2.05) is 18.2 Å². The van der Waals surface area contributed by atoms with Crippen LogP contribution in [0.3, 0.4) is 0 Å². The van der Waals surface area contributed by atoms with Crippen LogP contribution in [0.2, 0.25) is 0 Å². The molecule has 1 N–H and O–H groups in total. The largest absolute Gasteiger partial charge is 0.493 e. The van der Waals surface area contributed by atoms with Crippen LogP contribution in [0.25, 0.3) is 0 Å². The Bertz CT molecular complexity index is 429. The number of hydrogen-bond donors (Lipinski definition) is 1. The van der Waals surface area contributed by atoms with Gasteiger partial charge in [0, 0.05) is 12.8 Å². The molecule has 2 rings (SSSR count). The molecule has 0 fully saturated rings. The van der Waals surface area contributed by atoms with Gasteiger partial charge in [-0.1, -0.05) is 0 Å². The lowest BCUT2D eigenvalue weighted by Crippen LogP contribution is -2.26. The van der Waals surface area contributed by atoms with Crippen LogP contribution in [0.15, 0.2) is 12.1 Å². The van der Waals surface area contributed by atoms with E-state index in [0.29, 0.717) is 24.3 Å². The predicted octanol–water partition coefficient (Wildman–Crippen LogP) is 1.06. The summed E-state index contributed by atoms with van der Waals surface area (Å²) < 4.78 is 10.3. The van der Waals surface area contributed by atoms with Gasteiger partial charge in [-0.05, 0) is 23.3 Å². The Morgan fingerprint density at radius 1 is 1.19 bits per heavy atom. The van der Waals surface area contributed by atoms with E-state index in [-0.39, 0.29) is 0 Å². The molecule has 16 heavy (non-hydrogen) atoms. The van der Waals surface area contributed by atoms with E-state index < -0.39 is 5.60 Å². The normalized spacial score (nSPS) is 16.4. The third-order valence-electron chi connectivity index (χ3n) is 2.88. The van der Waals surface area contributed by atoms with Crippen molar-refractivity contribution in [3.63, 3.8) is 0 Å². The number of rotatable bonds is 2. The zero-order valence-corrected chi connectivity index (χ0v) is 9.28. The van der Waals surface area contributed by atoms with E-state index in [9.17, 15) is 5.11 Å². The van der Waals surface area contributed by atoms with Gasteiger partial charge in [0.25, 0.3) is 0 Å². The molecule has 0 saturated carbocycles. The smallest absolute Gasteiger partial charge is 0.161 e. The second kappa shape index (κ2) is 3.69. The quantitative estimate of drug-likeness (QED) is 0.755. The molecule has 0 unspecified atom stereocenters. The molecule has 0 spiro atoms. The van der Waals surface area contributed by atoms with Crippen molar-refractivity contribution in [1.29, 1.82) is 5.26 Å². The minimum absolute atomic E-state index is 0.346. The molecule has 1 aliphatic carbocycles. The molecule has 84 valence electrons. The third kappa shape index (κ3) is 1.59. The number of fused-ring (bicyclic) bond motifs is 1. The maximum Gasteiger partial charge on any atom is 0.161 e. The minimum Gasteiger partial charge on any atom is -0.493 e. The van der Waals surface area contributed by atoms with Crippen molar-refractivity contribution in [3.8, 4) is 17.6 Å². The van der Waals surface area contributed by atoms with Crippen LogP contribution in [0.4, 0.5) is 0 Å². The first-order chi connectivity index (χ1) is 7.61. The van der Waals surface area contributed by atoms with Crippen LogP contribution >= 0.6 is 0 Å². The number of nitrogens with zero attached hydrogens (tertiary/aromatic N) is 1. The first kappa shape index (κ1) is 10.8. The number of aliphatic hydroxyl groups is 1. The van der Waals surface area contributed by atoms with Crippen molar-refractivity contribution in [2.75, 3.05) is 14.2 Å². The van der Waals surface area contributed by atoms with E-state index in [1.165, 1.54) is 0 Å². The summed E-state index contributed by atoms with van der Waals surface area (Å²) in [5.41, 5.74) is 0.614. The average Bonchev–Trinajstić information content (AvgIpc) is 2.63. The van der Waals surface area contributed by atoms with Gasteiger partial charge < -0.3 is 14.6 Å². The van der Waals surface area contributed by atoms with Gasteiger partial charge in [0.2, 0.25) is 0 Å². The molecule has 4 heteroatoms. The third-order valence-corrected chi connectivity index (χ3v) is 2.88. The summed E-state index contributed by atoms with van der Waals surface area (Å²) in [6.45, 7) is 0. The van der Waals surface area contributed by atoms with Gasteiger partial charge in [-0.3, -0.25) is 0 Å². The molecule has 0 aliphatic heterocycles. The highest BCUT2D eigenvalue weighted by Gasteiger charge is 2.36. The number of ether oxygens (including phenoxy) is 2. The van der Waals surface area contributed by atoms with Crippen molar-refractivity contribution in [2.24, 2.45) is 0 Å². The predicted molar refractivity (Wildman–Crippen MR) is 57.5 cm³/mol. The monoisotopic (exact) mass is 219 g/mol. The van der Waals surface area contributed by atoms with Gasteiger partial charge in [0.05, 0.1) is 20.3 Å². The first-order valence-electron chi connectivity index (χ1n) is 4.99. The van der Waals surface area contributed by atoms with Gasteiger partial charge in [-0.2, -0.15) is 5.26 Å².